The van der Waals surface area contributed by atoms with E-state index < -0.39 is 42.0 Å². The van der Waals surface area contributed by atoms with Crippen LogP contribution in [-0.4, -0.2) is 34.9 Å². The standard InChI is InChI=1S/C11H12F2N2O4/c1-5-2-3-6(12)9(8(5)13)15-11(19)14-4-7(16)10(17)18/h2-3,7,16H,4H2,1H3,(H,17,18)(H2,14,15,19). The second-order valence-electron chi connectivity index (χ2n) is 3.74. The number of rotatable bonds is 4. The molecule has 19 heavy (non-hydrogen) atoms. The minimum Gasteiger partial charge on any atom is -0.479 e. The first-order valence-corrected chi connectivity index (χ1v) is 5.23. The SMILES string of the molecule is Cc1ccc(F)c(NC(=O)NCC(O)C(=O)O)c1F. The lowest BCUT2D eigenvalue weighted by atomic mass is 10.2. The van der Waals surface area contributed by atoms with Crippen molar-refractivity contribution in [2.75, 3.05) is 11.9 Å². The normalized spacial score (nSPS) is 11.8. The van der Waals surface area contributed by atoms with Gasteiger partial charge in [-0.25, -0.2) is 18.4 Å². The van der Waals surface area contributed by atoms with Crippen LogP contribution in [0.1, 0.15) is 5.56 Å². The van der Waals surface area contributed by atoms with Crippen LogP contribution in [-0.2, 0) is 4.79 Å². The average molecular weight is 274 g/mol. The number of anilines is 1. The van der Waals surface area contributed by atoms with Crippen LogP contribution in [0.15, 0.2) is 12.1 Å². The Morgan fingerprint density at radius 2 is 2.00 bits per heavy atom. The molecule has 0 aliphatic rings. The number of nitrogens with one attached hydrogen (secondary N) is 2. The van der Waals surface area contributed by atoms with E-state index in [1.807, 2.05) is 10.6 Å². The molecule has 2 amide bonds. The number of carbonyl (C=O) groups is 2. The Hall–Kier alpha value is -2.22. The molecule has 6 nitrogen and oxygen atoms in total. The van der Waals surface area contributed by atoms with E-state index in [-0.39, 0.29) is 5.56 Å². The van der Waals surface area contributed by atoms with Crippen LogP contribution in [0.2, 0.25) is 0 Å². The molecule has 1 rings (SSSR count). The van der Waals surface area contributed by atoms with Gasteiger partial charge in [0.2, 0.25) is 0 Å². The van der Waals surface area contributed by atoms with Crippen LogP contribution >= 0.6 is 0 Å². The van der Waals surface area contributed by atoms with Gasteiger partial charge in [0, 0.05) is 0 Å². The fourth-order valence-corrected chi connectivity index (χ4v) is 1.21. The number of aryl methyl sites for hydroxylation is 1. The number of aliphatic hydroxyl groups is 1. The summed E-state index contributed by atoms with van der Waals surface area (Å²) in [5, 5.41) is 21.2. The maximum absolute atomic E-state index is 13.5. The highest BCUT2D eigenvalue weighted by Crippen LogP contribution is 2.21. The number of carbonyl (C=O) groups excluding carboxylic acids is 1. The van der Waals surface area contributed by atoms with Crippen molar-refractivity contribution < 1.29 is 28.6 Å². The summed E-state index contributed by atoms with van der Waals surface area (Å²) in [6.45, 7) is 0.808. The van der Waals surface area contributed by atoms with Gasteiger partial charge >= 0.3 is 12.0 Å². The van der Waals surface area contributed by atoms with Crippen molar-refractivity contribution in [1.82, 2.24) is 5.32 Å². The van der Waals surface area contributed by atoms with Crippen molar-refractivity contribution in [3.63, 3.8) is 0 Å². The summed E-state index contributed by atoms with van der Waals surface area (Å²) in [6.07, 6.45) is -1.79. The third-order valence-corrected chi connectivity index (χ3v) is 2.26. The van der Waals surface area contributed by atoms with Gasteiger partial charge in [-0.15, -0.1) is 0 Å². The Balaban J connectivity index is 2.68. The molecule has 1 atom stereocenters. The van der Waals surface area contributed by atoms with Crippen LogP contribution in [0.25, 0.3) is 0 Å². The van der Waals surface area contributed by atoms with E-state index in [4.69, 9.17) is 10.2 Å². The summed E-state index contributed by atoms with van der Waals surface area (Å²) in [4.78, 5) is 21.6. The average Bonchev–Trinajstić information content (AvgIpc) is 2.36. The van der Waals surface area contributed by atoms with Gasteiger partial charge in [-0.1, -0.05) is 6.07 Å². The van der Waals surface area contributed by atoms with Crippen molar-refractivity contribution in [3.05, 3.63) is 29.3 Å². The minimum absolute atomic E-state index is 0.141. The summed E-state index contributed by atoms with van der Waals surface area (Å²) >= 11 is 0. The van der Waals surface area contributed by atoms with Crippen LogP contribution < -0.4 is 10.6 Å². The Labute approximate surface area is 107 Å². The first-order chi connectivity index (χ1) is 8.82. The zero-order chi connectivity index (χ0) is 14.6. The summed E-state index contributed by atoms with van der Waals surface area (Å²) in [5.41, 5.74) is -0.496. The number of carboxylic acid groups (broad SMARTS) is 1. The summed E-state index contributed by atoms with van der Waals surface area (Å²) in [6, 6.07) is 1.17. The van der Waals surface area contributed by atoms with E-state index in [2.05, 4.69) is 0 Å². The molecule has 0 heterocycles. The Kier molecular flexibility index (Phi) is 4.76. The minimum atomic E-state index is -1.79. The molecule has 0 aromatic heterocycles. The molecule has 1 aromatic carbocycles. The molecule has 0 saturated carbocycles. The zero-order valence-electron chi connectivity index (χ0n) is 9.91. The Bertz CT molecular complexity index is 508. The maximum atomic E-state index is 13.5. The van der Waals surface area contributed by atoms with E-state index in [9.17, 15) is 18.4 Å². The number of aliphatic hydroxyl groups excluding tert-OH is 1. The molecule has 4 N–H and O–H groups in total. The lowest BCUT2D eigenvalue weighted by Gasteiger charge is -2.11. The number of hydrogen-bond donors (Lipinski definition) is 4. The molecule has 0 aliphatic carbocycles. The van der Waals surface area contributed by atoms with E-state index in [1.54, 1.807) is 0 Å². The Morgan fingerprint density at radius 3 is 2.58 bits per heavy atom. The van der Waals surface area contributed by atoms with Crippen LogP contribution in [0.3, 0.4) is 0 Å². The van der Waals surface area contributed by atoms with Gasteiger partial charge in [0.15, 0.2) is 11.9 Å². The summed E-state index contributed by atoms with van der Waals surface area (Å²) < 4.78 is 26.8. The van der Waals surface area contributed by atoms with Gasteiger partial charge in [-0.3, -0.25) is 0 Å². The maximum Gasteiger partial charge on any atom is 0.334 e. The second kappa shape index (κ2) is 6.10. The fraction of sp³-hybridized carbons (Fsp3) is 0.273. The predicted molar refractivity (Wildman–Crippen MR) is 61.8 cm³/mol. The molecule has 104 valence electrons. The van der Waals surface area contributed by atoms with Gasteiger partial charge in [0.1, 0.15) is 11.5 Å². The van der Waals surface area contributed by atoms with Crippen LogP contribution in [0.4, 0.5) is 19.3 Å². The topological polar surface area (TPSA) is 98.7 Å². The predicted octanol–water partition coefficient (Wildman–Crippen LogP) is 0.840. The molecule has 0 radical (unpaired) electrons. The quantitative estimate of drug-likeness (QED) is 0.654. The monoisotopic (exact) mass is 274 g/mol. The summed E-state index contributed by atoms with van der Waals surface area (Å²) in [7, 11) is 0. The zero-order valence-corrected chi connectivity index (χ0v) is 9.91. The number of halogens is 2. The molecule has 0 bridgehead atoms. The number of amides is 2. The molecule has 1 unspecified atom stereocenters. The molecule has 1 aromatic rings. The summed E-state index contributed by atoms with van der Waals surface area (Å²) in [5.74, 6) is -3.40. The van der Waals surface area contributed by atoms with Gasteiger partial charge in [-0.2, -0.15) is 0 Å². The highest BCUT2D eigenvalue weighted by molar-refractivity contribution is 5.90. The number of urea groups is 1. The second-order valence-corrected chi connectivity index (χ2v) is 3.74. The number of hydrogen-bond acceptors (Lipinski definition) is 3. The smallest absolute Gasteiger partial charge is 0.334 e. The highest BCUT2D eigenvalue weighted by Gasteiger charge is 2.17. The van der Waals surface area contributed by atoms with E-state index in [1.165, 1.54) is 13.0 Å². The van der Waals surface area contributed by atoms with Crippen LogP contribution in [0.5, 0.6) is 0 Å². The third kappa shape index (κ3) is 3.88. The number of benzene rings is 1. The van der Waals surface area contributed by atoms with E-state index >= 15 is 0 Å². The van der Waals surface area contributed by atoms with E-state index in [0.717, 1.165) is 6.07 Å². The van der Waals surface area contributed by atoms with E-state index in [0.29, 0.717) is 0 Å². The lowest BCUT2D eigenvalue weighted by molar-refractivity contribution is -0.146. The van der Waals surface area contributed by atoms with Gasteiger partial charge < -0.3 is 20.8 Å². The number of carboxylic acids is 1. The molecule has 0 fully saturated rings. The van der Waals surface area contributed by atoms with Gasteiger partial charge in [0.25, 0.3) is 0 Å². The molecule has 0 saturated heterocycles. The third-order valence-electron chi connectivity index (χ3n) is 2.26. The first kappa shape index (κ1) is 14.8. The van der Waals surface area contributed by atoms with Crippen LogP contribution in [0, 0.1) is 18.6 Å². The highest BCUT2D eigenvalue weighted by atomic mass is 19.1. The van der Waals surface area contributed by atoms with Crippen molar-refractivity contribution in [2.45, 2.75) is 13.0 Å². The van der Waals surface area contributed by atoms with Gasteiger partial charge in [0.05, 0.1) is 6.54 Å². The molecule has 0 aliphatic heterocycles. The van der Waals surface area contributed by atoms with Crippen molar-refractivity contribution in [2.24, 2.45) is 0 Å². The Morgan fingerprint density at radius 1 is 1.37 bits per heavy atom. The largest absolute Gasteiger partial charge is 0.479 e. The van der Waals surface area contributed by atoms with Crippen molar-refractivity contribution in [3.8, 4) is 0 Å². The molecule has 0 spiro atoms. The molecular formula is C11H12F2N2O4. The van der Waals surface area contributed by atoms with Crippen molar-refractivity contribution >= 4 is 17.7 Å². The molecule has 8 heteroatoms. The van der Waals surface area contributed by atoms with Gasteiger partial charge in [-0.05, 0) is 18.6 Å². The fourth-order valence-electron chi connectivity index (χ4n) is 1.21. The molecular weight excluding hydrogens is 262 g/mol. The lowest BCUT2D eigenvalue weighted by Crippen LogP contribution is -2.39. The first-order valence-electron chi connectivity index (χ1n) is 5.23. The number of aliphatic carboxylic acids is 1. The van der Waals surface area contributed by atoms with Crippen molar-refractivity contribution in [1.29, 1.82) is 0 Å².